The molecule has 0 aromatic rings. The van der Waals surface area contributed by atoms with Gasteiger partial charge in [0.25, 0.3) is 0 Å². The third-order valence-electron chi connectivity index (χ3n) is 3.64. The Morgan fingerprint density at radius 2 is 1.50 bits per heavy atom. The lowest BCUT2D eigenvalue weighted by Gasteiger charge is -2.17. The number of hydrogen-bond acceptors (Lipinski definition) is 1. The molecule has 0 N–H and O–H groups in total. The maximum atomic E-state index is 5.61. The molecule has 0 saturated carbocycles. The van der Waals surface area contributed by atoms with Crippen LogP contribution in [0.15, 0.2) is 23.5 Å². The second-order valence-corrected chi connectivity index (χ2v) is 5.01. The second-order valence-electron chi connectivity index (χ2n) is 5.01. The van der Waals surface area contributed by atoms with Gasteiger partial charge in [-0.3, -0.25) is 0 Å². The highest BCUT2D eigenvalue weighted by atomic mass is 16.5. The maximum absolute atomic E-state index is 5.61. The van der Waals surface area contributed by atoms with Gasteiger partial charge in [-0.15, -0.1) is 0 Å². The van der Waals surface area contributed by atoms with Gasteiger partial charge in [0.1, 0.15) is 0 Å². The fraction of sp³-hybridized carbons (Fsp3) is 0.733. The molecule has 0 spiro atoms. The van der Waals surface area contributed by atoms with Crippen molar-refractivity contribution in [1.82, 2.24) is 0 Å². The number of allylic oxidation sites excluding steroid dienone is 3. The summed E-state index contributed by atoms with van der Waals surface area (Å²) in [5.41, 5.74) is 3.07. The van der Waals surface area contributed by atoms with E-state index in [2.05, 4.69) is 6.08 Å². The molecule has 90 valence electrons. The van der Waals surface area contributed by atoms with E-state index >= 15 is 0 Å². The number of hydrogen-bond donors (Lipinski definition) is 0. The van der Waals surface area contributed by atoms with Gasteiger partial charge < -0.3 is 4.74 Å². The molecule has 0 atom stereocenters. The molecule has 0 bridgehead atoms. The first-order chi connectivity index (χ1) is 7.97. The first-order valence-electron chi connectivity index (χ1n) is 6.97. The standard InChI is InChI=1S/C15H24O/c1-2-5-9-14(10-6-3-1)15-11-7-4-8-12-16-13-15/h9,13H,1-8,10-12H2. The van der Waals surface area contributed by atoms with Gasteiger partial charge in [-0.05, 0) is 62.5 Å². The Hall–Kier alpha value is -0.720. The fourth-order valence-corrected chi connectivity index (χ4v) is 2.62. The van der Waals surface area contributed by atoms with Gasteiger partial charge in [-0.2, -0.15) is 0 Å². The zero-order chi connectivity index (χ0) is 11.1. The third kappa shape index (κ3) is 3.70. The Morgan fingerprint density at radius 3 is 2.44 bits per heavy atom. The fourth-order valence-electron chi connectivity index (χ4n) is 2.62. The van der Waals surface area contributed by atoms with Gasteiger partial charge >= 0.3 is 0 Å². The lowest BCUT2D eigenvalue weighted by Crippen LogP contribution is -2.00. The summed E-state index contributed by atoms with van der Waals surface area (Å²) < 4.78 is 5.61. The van der Waals surface area contributed by atoms with E-state index in [0.29, 0.717) is 0 Å². The van der Waals surface area contributed by atoms with Crippen molar-refractivity contribution in [3.05, 3.63) is 23.5 Å². The number of ether oxygens (including phenoxy) is 1. The minimum Gasteiger partial charge on any atom is -0.501 e. The minimum atomic E-state index is 0.913. The van der Waals surface area contributed by atoms with Crippen LogP contribution in [0.5, 0.6) is 0 Å². The predicted octanol–water partition coefficient (Wildman–Crippen LogP) is 4.74. The zero-order valence-electron chi connectivity index (χ0n) is 10.3. The Morgan fingerprint density at radius 1 is 0.750 bits per heavy atom. The lowest BCUT2D eigenvalue weighted by atomic mass is 9.92. The molecule has 1 nitrogen and oxygen atoms in total. The van der Waals surface area contributed by atoms with Crippen LogP contribution >= 0.6 is 0 Å². The highest BCUT2D eigenvalue weighted by Gasteiger charge is 2.09. The van der Waals surface area contributed by atoms with Gasteiger partial charge in [0.05, 0.1) is 12.9 Å². The highest BCUT2D eigenvalue weighted by Crippen LogP contribution is 2.27. The largest absolute Gasteiger partial charge is 0.501 e. The molecule has 0 fully saturated rings. The van der Waals surface area contributed by atoms with Gasteiger partial charge in [0.2, 0.25) is 0 Å². The van der Waals surface area contributed by atoms with E-state index in [0.717, 1.165) is 6.61 Å². The van der Waals surface area contributed by atoms with Crippen LogP contribution in [-0.2, 0) is 4.74 Å². The topological polar surface area (TPSA) is 9.23 Å². The van der Waals surface area contributed by atoms with Crippen LogP contribution < -0.4 is 0 Å². The van der Waals surface area contributed by atoms with Crippen LogP contribution in [0, 0.1) is 0 Å². The van der Waals surface area contributed by atoms with Crippen molar-refractivity contribution in [1.29, 1.82) is 0 Å². The second kappa shape index (κ2) is 6.78. The van der Waals surface area contributed by atoms with Crippen molar-refractivity contribution in [2.45, 2.75) is 64.2 Å². The summed E-state index contributed by atoms with van der Waals surface area (Å²) in [5.74, 6) is 0. The Labute approximate surface area is 99.6 Å². The Kier molecular flexibility index (Phi) is 4.98. The predicted molar refractivity (Wildman–Crippen MR) is 68.3 cm³/mol. The van der Waals surface area contributed by atoms with E-state index in [1.807, 2.05) is 6.26 Å². The summed E-state index contributed by atoms with van der Waals surface area (Å²) in [6.45, 7) is 0.913. The molecule has 2 aliphatic rings. The van der Waals surface area contributed by atoms with Crippen molar-refractivity contribution < 1.29 is 4.74 Å². The molecule has 0 unspecified atom stereocenters. The summed E-state index contributed by atoms with van der Waals surface area (Å²) in [4.78, 5) is 0. The normalized spacial score (nSPS) is 24.0. The van der Waals surface area contributed by atoms with Crippen LogP contribution in [-0.4, -0.2) is 6.61 Å². The average Bonchev–Trinajstić information content (AvgIpc) is 2.18. The van der Waals surface area contributed by atoms with Crippen LogP contribution in [0.2, 0.25) is 0 Å². The molecular formula is C15H24O. The molecule has 0 aromatic carbocycles. The molecule has 0 aromatic heterocycles. The first-order valence-corrected chi connectivity index (χ1v) is 6.97. The summed E-state index contributed by atoms with van der Waals surface area (Å²) >= 11 is 0. The molecule has 0 amide bonds. The van der Waals surface area contributed by atoms with Crippen LogP contribution in [0.4, 0.5) is 0 Å². The molecule has 1 aliphatic carbocycles. The molecule has 16 heavy (non-hydrogen) atoms. The van der Waals surface area contributed by atoms with Crippen LogP contribution in [0.25, 0.3) is 0 Å². The van der Waals surface area contributed by atoms with Crippen molar-refractivity contribution in [2.24, 2.45) is 0 Å². The van der Waals surface area contributed by atoms with E-state index in [9.17, 15) is 0 Å². The van der Waals surface area contributed by atoms with Gasteiger partial charge in [-0.25, -0.2) is 0 Å². The van der Waals surface area contributed by atoms with E-state index in [-0.39, 0.29) is 0 Å². The van der Waals surface area contributed by atoms with E-state index in [1.165, 1.54) is 69.8 Å². The van der Waals surface area contributed by atoms with E-state index < -0.39 is 0 Å². The maximum Gasteiger partial charge on any atom is 0.0873 e. The third-order valence-corrected chi connectivity index (χ3v) is 3.64. The van der Waals surface area contributed by atoms with E-state index in [1.54, 1.807) is 5.57 Å². The molecule has 1 aliphatic heterocycles. The quantitative estimate of drug-likeness (QED) is 0.620. The molecule has 0 radical (unpaired) electrons. The SMILES string of the molecule is C1=C(C2=COCCCCC2)CCCCCC1. The summed E-state index contributed by atoms with van der Waals surface area (Å²) in [7, 11) is 0. The van der Waals surface area contributed by atoms with Gasteiger partial charge in [0.15, 0.2) is 0 Å². The molecule has 1 heteroatoms. The molecule has 1 heterocycles. The Bertz CT molecular complexity index is 235. The Balaban J connectivity index is 2.01. The van der Waals surface area contributed by atoms with Crippen molar-refractivity contribution in [3.63, 3.8) is 0 Å². The van der Waals surface area contributed by atoms with Crippen LogP contribution in [0.3, 0.4) is 0 Å². The summed E-state index contributed by atoms with van der Waals surface area (Å²) in [5, 5.41) is 0. The molecule has 0 saturated heterocycles. The van der Waals surface area contributed by atoms with Crippen molar-refractivity contribution >= 4 is 0 Å². The molecule has 2 rings (SSSR count). The first kappa shape index (κ1) is 11.8. The van der Waals surface area contributed by atoms with Crippen molar-refractivity contribution in [2.75, 3.05) is 6.61 Å². The van der Waals surface area contributed by atoms with Gasteiger partial charge in [-0.1, -0.05) is 18.9 Å². The van der Waals surface area contributed by atoms with Crippen molar-refractivity contribution in [3.8, 4) is 0 Å². The van der Waals surface area contributed by atoms with E-state index in [4.69, 9.17) is 4.74 Å². The van der Waals surface area contributed by atoms with Crippen LogP contribution in [0.1, 0.15) is 64.2 Å². The number of rotatable bonds is 1. The summed E-state index contributed by atoms with van der Waals surface area (Å²) in [6, 6.07) is 0. The van der Waals surface area contributed by atoms with Gasteiger partial charge in [0, 0.05) is 0 Å². The lowest BCUT2D eigenvalue weighted by molar-refractivity contribution is 0.232. The average molecular weight is 220 g/mol. The molecular weight excluding hydrogens is 196 g/mol. The minimum absolute atomic E-state index is 0.913. The zero-order valence-corrected chi connectivity index (χ0v) is 10.3. The highest BCUT2D eigenvalue weighted by molar-refractivity contribution is 5.30. The summed E-state index contributed by atoms with van der Waals surface area (Å²) in [6.07, 6.45) is 17.7. The smallest absolute Gasteiger partial charge is 0.0873 e. The monoisotopic (exact) mass is 220 g/mol.